The molecule has 6 nitrogen and oxygen atoms in total. The van der Waals surface area contributed by atoms with E-state index in [1.54, 1.807) is 0 Å². The summed E-state index contributed by atoms with van der Waals surface area (Å²) < 4.78 is 53.1. The Morgan fingerprint density at radius 2 is 2.12 bits per heavy atom. The van der Waals surface area contributed by atoms with E-state index in [1.807, 2.05) is 0 Å². The number of carbonyl (C=O) groups excluding carboxylic acids is 1. The SMILES string of the molecule is N#Cc1ncc(NC(=O)C2CCC2n2cc(F)cn2)cc1C(F)(F)F. The largest absolute Gasteiger partial charge is 0.419 e. The highest BCUT2D eigenvalue weighted by molar-refractivity contribution is 5.93. The van der Waals surface area contributed by atoms with Crippen LogP contribution in [0.5, 0.6) is 0 Å². The van der Waals surface area contributed by atoms with E-state index < -0.39 is 35.1 Å². The quantitative estimate of drug-likeness (QED) is 0.860. The van der Waals surface area contributed by atoms with Crippen LogP contribution in [-0.4, -0.2) is 20.7 Å². The Morgan fingerprint density at radius 3 is 2.64 bits per heavy atom. The highest BCUT2D eigenvalue weighted by Gasteiger charge is 2.39. The first kappa shape index (κ1) is 16.9. The van der Waals surface area contributed by atoms with E-state index >= 15 is 0 Å². The standard InChI is InChI=1S/C15H11F4N5O/c16-8-5-22-24(7-8)13-2-1-10(13)14(25)23-9-3-11(15(17,18)19)12(4-20)21-6-9/h3,5-7,10,13H,1-2H2,(H,23,25). The van der Waals surface area contributed by atoms with Crippen LogP contribution < -0.4 is 5.32 Å². The van der Waals surface area contributed by atoms with Crippen LogP contribution in [0.2, 0.25) is 0 Å². The van der Waals surface area contributed by atoms with Crippen LogP contribution in [0.3, 0.4) is 0 Å². The van der Waals surface area contributed by atoms with Gasteiger partial charge < -0.3 is 5.32 Å². The van der Waals surface area contributed by atoms with E-state index in [1.165, 1.54) is 10.8 Å². The van der Waals surface area contributed by atoms with Gasteiger partial charge in [-0.2, -0.15) is 23.5 Å². The molecule has 130 valence electrons. The maximum Gasteiger partial charge on any atom is 0.419 e. The molecule has 1 fully saturated rings. The number of aromatic nitrogens is 3. The Bertz CT molecular complexity index is 854. The number of nitriles is 1. The molecule has 1 aliphatic rings. The van der Waals surface area contributed by atoms with Crippen LogP contribution >= 0.6 is 0 Å². The topological polar surface area (TPSA) is 83.6 Å². The summed E-state index contributed by atoms with van der Waals surface area (Å²) in [6.07, 6.45) is -0.466. The summed E-state index contributed by atoms with van der Waals surface area (Å²) in [6.45, 7) is 0. The van der Waals surface area contributed by atoms with Gasteiger partial charge in [0, 0.05) is 0 Å². The molecule has 2 aromatic heterocycles. The van der Waals surface area contributed by atoms with Gasteiger partial charge in [0.25, 0.3) is 0 Å². The van der Waals surface area contributed by atoms with E-state index in [0.29, 0.717) is 18.9 Å². The fraction of sp³-hybridized carbons (Fsp3) is 0.333. The van der Waals surface area contributed by atoms with Gasteiger partial charge in [0.15, 0.2) is 11.5 Å². The second-order valence-corrected chi connectivity index (χ2v) is 5.61. The molecule has 2 unspecified atom stereocenters. The Balaban J connectivity index is 1.76. The first-order valence-corrected chi connectivity index (χ1v) is 7.27. The number of pyridine rings is 1. The monoisotopic (exact) mass is 353 g/mol. The summed E-state index contributed by atoms with van der Waals surface area (Å²) in [6, 6.07) is 1.69. The van der Waals surface area contributed by atoms with Gasteiger partial charge in [0.1, 0.15) is 6.07 Å². The molecule has 2 atom stereocenters. The molecular formula is C15H11F4N5O. The minimum atomic E-state index is -4.76. The second kappa shape index (κ2) is 6.16. The normalized spacial score (nSPS) is 19.8. The molecule has 1 aliphatic carbocycles. The zero-order valence-corrected chi connectivity index (χ0v) is 12.6. The molecule has 0 aliphatic heterocycles. The lowest BCUT2D eigenvalue weighted by Gasteiger charge is -2.35. The van der Waals surface area contributed by atoms with Gasteiger partial charge in [0.2, 0.25) is 5.91 Å². The number of nitrogens with zero attached hydrogens (tertiary/aromatic N) is 4. The molecule has 0 radical (unpaired) electrons. The van der Waals surface area contributed by atoms with Gasteiger partial charge in [-0.1, -0.05) is 0 Å². The highest BCUT2D eigenvalue weighted by atomic mass is 19.4. The van der Waals surface area contributed by atoms with Gasteiger partial charge in [-0.05, 0) is 18.9 Å². The molecule has 0 saturated heterocycles. The molecule has 3 rings (SSSR count). The number of rotatable bonds is 3. The van der Waals surface area contributed by atoms with E-state index in [2.05, 4.69) is 15.4 Å². The van der Waals surface area contributed by atoms with Gasteiger partial charge in [-0.3, -0.25) is 9.48 Å². The van der Waals surface area contributed by atoms with Crippen molar-refractivity contribution in [3.8, 4) is 6.07 Å². The average molecular weight is 353 g/mol. The summed E-state index contributed by atoms with van der Waals surface area (Å²) in [5, 5.41) is 14.9. The van der Waals surface area contributed by atoms with Crippen LogP contribution in [0.1, 0.15) is 30.1 Å². The number of carbonyl (C=O) groups is 1. The fourth-order valence-electron chi connectivity index (χ4n) is 2.67. The van der Waals surface area contributed by atoms with Crippen LogP contribution in [-0.2, 0) is 11.0 Å². The van der Waals surface area contributed by atoms with Crippen LogP contribution in [0, 0.1) is 23.1 Å². The zero-order chi connectivity index (χ0) is 18.2. The van der Waals surface area contributed by atoms with Crippen molar-refractivity contribution in [2.24, 2.45) is 5.92 Å². The first-order chi connectivity index (χ1) is 11.8. The van der Waals surface area contributed by atoms with E-state index in [4.69, 9.17) is 5.26 Å². The Labute approximate surface area is 139 Å². The van der Waals surface area contributed by atoms with Crippen molar-refractivity contribution < 1.29 is 22.4 Å². The second-order valence-electron chi connectivity index (χ2n) is 5.61. The van der Waals surface area contributed by atoms with Crippen LogP contribution in [0.25, 0.3) is 0 Å². The number of halogens is 4. The summed E-state index contributed by atoms with van der Waals surface area (Å²) in [4.78, 5) is 15.7. The lowest BCUT2D eigenvalue weighted by Crippen LogP contribution is -2.38. The number of alkyl halides is 3. The lowest BCUT2D eigenvalue weighted by atomic mass is 9.79. The van der Waals surface area contributed by atoms with Crippen molar-refractivity contribution in [2.75, 3.05) is 5.32 Å². The van der Waals surface area contributed by atoms with Gasteiger partial charge in [0.05, 0.1) is 41.8 Å². The first-order valence-electron chi connectivity index (χ1n) is 7.27. The van der Waals surface area contributed by atoms with Crippen molar-refractivity contribution in [3.63, 3.8) is 0 Å². The molecular weight excluding hydrogens is 342 g/mol. The number of anilines is 1. The van der Waals surface area contributed by atoms with Crippen molar-refractivity contribution in [3.05, 3.63) is 41.7 Å². The number of hydrogen-bond acceptors (Lipinski definition) is 4. The summed E-state index contributed by atoms with van der Waals surface area (Å²) in [7, 11) is 0. The maximum absolute atomic E-state index is 13.0. The molecule has 1 amide bonds. The van der Waals surface area contributed by atoms with Crippen molar-refractivity contribution >= 4 is 11.6 Å². The molecule has 0 aromatic carbocycles. The summed E-state index contributed by atoms with van der Waals surface area (Å²) >= 11 is 0. The highest BCUT2D eigenvalue weighted by Crippen LogP contribution is 2.39. The molecule has 0 bridgehead atoms. The number of nitrogens with one attached hydrogen (secondary N) is 1. The third kappa shape index (κ3) is 3.31. The predicted molar refractivity (Wildman–Crippen MR) is 76.5 cm³/mol. The van der Waals surface area contributed by atoms with Crippen molar-refractivity contribution in [2.45, 2.75) is 25.1 Å². The van der Waals surface area contributed by atoms with Crippen LogP contribution in [0.4, 0.5) is 23.2 Å². The van der Waals surface area contributed by atoms with E-state index in [0.717, 1.165) is 18.6 Å². The molecule has 2 aromatic rings. The zero-order valence-electron chi connectivity index (χ0n) is 12.6. The van der Waals surface area contributed by atoms with Gasteiger partial charge in [-0.15, -0.1) is 0 Å². The molecule has 0 spiro atoms. The minimum Gasteiger partial charge on any atom is -0.324 e. The Hall–Kier alpha value is -2.96. The van der Waals surface area contributed by atoms with Crippen molar-refractivity contribution in [1.29, 1.82) is 5.26 Å². The van der Waals surface area contributed by atoms with Crippen LogP contribution in [0.15, 0.2) is 24.7 Å². The number of amides is 1. The molecule has 2 heterocycles. The molecule has 10 heteroatoms. The Kier molecular flexibility index (Phi) is 4.16. The fourth-order valence-corrected chi connectivity index (χ4v) is 2.67. The van der Waals surface area contributed by atoms with Gasteiger partial charge in [-0.25, -0.2) is 9.37 Å². The number of hydrogen-bond donors (Lipinski definition) is 1. The third-order valence-electron chi connectivity index (χ3n) is 4.05. The lowest BCUT2D eigenvalue weighted by molar-refractivity contribution is -0.138. The summed E-state index contributed by atoms with van der Waals surface area (Å²) in [5.74, 6) is -1.58. The minimum absolute atomic E-state index is 0.159. The van der Waals surface area contributed by atoms with Gasteiger partial charge >= 0.3 is 6.18 Å². The molecule has 25 heavy (non-hydrogen) atoms. The van der Waals surface area contributed by atoms with Crippen molar-refractivity contribution in [1.82, 2.24) is 14.8 Å². The van der Waals surface area contributed by atoms with E-state index in [9.17, 15) is 22.4 Å². The Morgan fingerprint density at radius 1 is 1.36 bits per heavy atom. The predicted octanol–water partition coefficient (Wildman–Crippen LogP) is 2.90. The maximum atomic E-state index is 13.0. The molecule has 1 N–H and O–H groups in total. The smallest absolute Gasteiger partial charge is 0.324 e. The molecule has 1 saturated carbocycles. The van der Waals surface area contributed by atoms with E-state index in [-0.39, 0.29) is 11.7 Å². The summed E-state index contributed by atoms with van der Waals surface area (Å²) in [5.41, 5.74) is -2.14. The third-order valence-corrected chi connectivity index (χ3v) is 4.05. The average Bonchev–Trinajstić information content (AvgIpc) is 2.91.